The van der Waals surface area contributed by atoms with Crippen molar-refractivity contribution in [3.63, 3.8) is 0 Å². The zero-order valence-electron chi connectivity index (χ0n) is 13.2. The van der Waals surface area contributed by atoms with Crippen molar-refractivity contribution in [3.8, 4) is 0 Å². The fraction of sp³-hybridized carbons (Fsp3) is 0.278. The average molecular weight is 301 g/mol. The Morgan fingerprint density at radius 1 is 1.09 bits per heavy atom. The third-order valence-corrected chi connectivity index (χ3v) is 3.67. The van der Waals surface area contributed by atoms with Crippen LogP contribution >= 0.6 is 0 Å². The molecule has 0 bridgehead atoms. The summed E-state index contributed by atoms with van der Waals surface area (Å²) in [6, 6.07) is 12.3. The summed E-state index contributed by atoms with van der Waals surface area (Å²) >= 11 is 0. The molecule has 1 atom stereocenters. The Hall–Kier alpha value is -2.20. The minimum atomic E-state index is -0.242. The minimum absolute atomic E-state index is 0.0251. The number of hydrogen-bond acceptors (Lipinski definition) is 1. The zero-order chi connectivity index (χ0) is 16.1. The van der Waals surface area contributed by atoms with Gasteiger partial charge in [-0.1, -0.05) is 18.2 Å². The lowest BCUT2D eigenvalue weighted by Gasteiger charge is -2.14. The molecule has 0 aliphatic heterocycles. The summed E-state index contributed by atoms with van der Waals surface area (Å²) in [4.78, 5) is 13.1. The Morgan fingerprint density at radius 2 is 1.77 bits per heavy atom. The molecule has 0 spiro atoms. The van der Waals surface area contributed by atoms with Crippen LogP contribution in [-0.2, 0) is 11.3 Å². The van der Waals surface area contributed by atoms with Gasteiger partial charge in [0.2, 0.25) is 0 Å². The van der Waals surface area contributed by atoms with Crippen LogP contribution in [0.4, 0.5) is 10.1 Å². The van der Waals surface area contributed by atoms with E-state index in [1.54, 1.807) is 12.1 Å². The number of aryl methyl sites for hydroxylation is 2. The molecule has 3 nitrogen and oxygen atoms in total. The highest BCUT2D eigenvalue weighted by Crippen LogP contribution is 2.13. The fourth-order valence-corrected chi connectivity index (χ4v) is 2.31. The van der Waals surface area contributed by atoms with Gasteiger partial charge in [0, 0.05) is 11.3 Å². The van der Waals surface area contributed by atoms with Crippen molar-refractivity contribution in [2.75, 3.05) is 18.9 Å². The number of carbonyl (C=O) groups is 1. The monoisotopic (exact) mass is 301 g/mol. The predicted molar refractivity (Wildman–Crippen MR) is 86.4 cm³/mol. The van der Waals surface area contributed by atoms with Gasteiger partial charge in [-0.2, -0.15) is 0 Å². The predicted octanol–water partition coefficient (Wildman–Crippen LogP) is 2.10. The van der Waals surface area contributed by atoms with Crippen LogP contribution in [0, 0.1) is 19.7 Å². The number of quaternary nitrogens is 1. The molecule has 0 radical (unpaired) electrons. The van der Waals surface area contributed by atoms with E-state index in [-0.39, 0.29) is 11.7 Å². The number of rotatable bonds is 5. The van der Waals surface area contributed by atoms with Crippen molar-refractivity contribution in [1.29, 1.82) is 0 Å². The van der Waals surface area contributed by atoms with Crippen molar-refractivity contribution < 1.29 is 14.1 Å². The van der Waals surface area contributed by atoms with Crippen molar-refractivity contribution in [3.05, 3.63) is 65.0 Å². The molecule has 2 rings (SSSR count). The van der Waals surface area contributed by atoms with Gasteiger partial charge in [0.15, 0.2) is 6.54 Å². The molecule has 2 N–H and O–H groups in total. The third-order valence-electron chi connectivity index (χ3n) is 3.67. The quantitative estimate of drug-likeness (QED) is 0.871. The molecule has 4 heteroatoms. The van der Waals surface area contributed by atoms with Gasteiger partial charge >= 0.3 is 0 Å². The first-order chi connectivity index (χ1) is 10.4. The molecule has 2 aromatic rings. The third kappa shape index (κ3) is 4.67. The number of halogens is 1. The Kier molecular flexibility index (Phi) is 5.28. The summed E-state index contributed by atoms with van der Waals surface area (Å²) in [5.41, 5.74) is 4.20. The highest BCUT2D eigenvalue weighted by atomic mass is 19.1. The average Bonchev–Trinajstić information content (AvgIpc) is 2.45. The molecule has 0 saturated heterocycles. The first kappa shape index (κ1) is 16.2. The standard InChI is InChI=1S/C18H21FN2O/c1-13-4-9-17(10-14(13)2)20-18(22)12-21(3)11-15-5-7-16(19)8-6-15/h4-10H,11-12H2,1-3H3,(H,20,22)/p+1. The van der Waals surface area contributed by atoms with Gasteiger partial charge in [0.1, 0.15) is 12.4 Å². The molecule has 22 heavy (non-hydrogen) atoms. The summed E-state index contributed by atoms with van der Waals surface area (Å²) < 4.78 is 12.9. The number of benzene rings is 2. The van der Waals surface area contributed by atoms with Gasteiger partial charge in [0.25, 0.3) is 5.91 Å². The van der Waals surface area contributed by atoms with Gasteiger partial charge in [-0.3, -0.25) is 4.79 Å². The maximum Gasteiger partial charge on any atom is 0.279 e. The molecule has 0 aromatic heterocycles. The summed E-state index contributed by atoms with van der Waals surface area (Å²) in [5.74, 6) is -0.267. The van der Waals surface area contributed by atoms with Crippen molar-refractivity contribution in [1.82, 2.24) is 0 Å². The molecule has 116 valence electrons. The van der Waals surface area contributed by atoms with E-state index < -0.39 is 0 Å². The molecular formula is C18H22FN2O+. The van der Waals surface area contributed by atoms with Crippen LogP contribution in [0.5, 0.6) is 0 Å². The number of likely N-dealkylation sites (N-methyl/N-ethyl adjacent to an activating group) is 1. The smallest absolute Gasteiger partial charge is 0.279 e. The molecular weight excluding hydrogens is 279 g/mol. The number of nitrogens with one attached hydrogen (secondary N) is 2. The molecule has 2 aromatic carbocycles. The van der Waals surface area contributed by atoms with E-state index in [1.165, 1.54) is 17.7 Å². The van der Waals surface area contributed by atoms with E-state index in [0.29, 0.717) is 13.1 Å². The second kappa shape index (κ2) is 7.18. The highest BCUT2D eigenvalue weighted by molar-refractivity contribution is 5.91. The number of anilines is 1. The van der Waals surface area contributed by atoms with Crippen LogP contribution in [-0.4, -0.2) is 19.5 Å². The lowest BCUT2D eigenvalue weighted by atomic mass is 10.1. The molecule has 0 heterocycles. The minimum Gasteiger partial charge on any atom is -0.326 e. The molecule has 0 saturated carbocycles. The largest absolute Gasteiger partial charge is 0.326 e. The van der Waals surface area contributed by atoms with Gasteiger partial charge in [0.05, 0.1) is 7.05 Å². The number of hydrogen-bond donors (Lipinski definition) is 2. The van der Waals surface area contributed by atoms with E-state index in [0.717, 1.165) is 21.7 Å². The van der Waals surface area contributed by atoms with Crippen molar-refractivity contribution in [2.45, 2.75) is 20.4 Å². The van der Waals surface area contributed by atoms with Gasteiger partial charge in [-0.25, -0.2) is 4.39 Å². The molecule has 1 amide bonds. The van der Waals surface area contributed by atoms with Gasteiger partial charge < -0.3 is 10.2 Å². The Labute approximate surface area is 130 Å². The topological polar surface area (TPSA) is 33.5 Å². The molecule has 1 unspecified atom stereocenters. The summed E-state index contributed by atoms with van der Waals surface area (Å²) in [6.07, 6.45) is 0. The number of carbonyl (C=O) groups excluding carboxylic acids is 1. The van der Waals surface area contributed by atoms with Crippen LogP contribution < -0.4 is 10.2 Å². The normalized spacial score (nSPS) is 12.0. The number of amides is 1. The molecule has 0 fully saturated rings. The molecule has 0 aliphatic carbocycles. The maximum absolute atomic E-state index is 12.9. The van der Waals surface area contributed by atoms with E-state index in [2.05, 4.69) is 5.32 Å². The van der Waals surface area contributed by atoms with Crippen LogP contribution in [0.2, 0.25) is 0 Å². The molecule has 0 aliphatic rings. The van der Waals surface area contributed by atoms with Gasteiger partial charge in [-0.05, 0) is 49.2 Å². The Bertz CT molecular complexity index is 653. The maximum atomic E-state index is 12.9. The van der Waals surface area contributed by atoms with E-state index in [9.17, 15) is 9.18 Å². The second-order valence-corrected chi connectivity index (χ2v) is 5.78. The Morgan fingerprint density at radius 3 is 2.41 bits per heavy atom. The van der Waals surface area contributed by atoms with Crippen LogP contribution in [0.25, 0.3) is 0 Å². The van der Waals surface area contributed by atoms with E-state index in [1.807, 2.05) is 39.1 Å². The van der Waals surface area contributed by atoms with E-state index >= 15 is 0 Å². The second-order valence-electron chi connectivity index (χ2n) is 5.78. The SMILES string of the molecule is Cc1ccc(NC(=O)C[NH+](C)Cc2ccc(F)cc2)cc1C. The van der Waals surface area contributed by atoms with Crippen molar-refractivity contribution >= 4 is 11.6 Å². The Balaban J connectivity index is 1.88. The van der Waals surface area contributed by atoms with E-state index in [4.69, 9.17) is 0 Å². The summed E-state index contributed by atoms with van der Waals surface area (Å²) in [7, 11) is 1.95. The first-order valence-corrected chi connectivity index (χ1v) is 7.37. The lowest BCUT2D eigenvalue weighted by molar-refractivity contribution is -0.885. The van der Waals surface area contributed by atoms with Crippen LogP contribution in [0.3, 0.4) is 0 Å². The highest BCUT2D eigenvalue weighted by Gasteiger charge is 2.11. The lowest BCUT2D eigenvalue weighted by Crippen LogP contribution is -3.08. The van der Waals surface area contributed by atoms with Crippen LogP contribution in [0.15, 0.2) is 42.5 Å². The van der Waals surface area contributed by atoms with Gasteiger partial charge in [-0.15, -0.1) is 0 Å². The summed E-state index contributed by atoms with van der Waals surface area (Å²) in [5, 5.41) is 2.92. The van der Waals surface area contributed by atoms with Crippen molar-refractivity contribution in [2.24, 2.45) is 0 Å². The zero-order valence-corrected chi connectivity index (χ0v) is 13.2. The summed E-state index contributed by atoms with van der Waals surface area (Å²) in [6.45, 7) is 5.11. The fourth-order valence-electron chi connectivity index (χ4n) is 2.31. The first-order valence-electron chi connectivity index (χ1n) is 7.37. The van der Waals surface area contributed by atoms with Crippen LogP contribution in [0.1, 0.15) is 16.7 Å².